The number of nitrogens with zero attached hydrogens (tertiary/aromatic N) is 2. The van der Waals surface area contributed by atoms with Crippen molar-refractivity contribution in [1.82, 2.24) is 9.78 Å². The molecule has 0 N–H and O–H groups in total. The Bertz CT molecular complexity index is 1180. The van der Waals surface area contributed by atoms with Crippen molar-refractivity contribution in [3.63, 3.8) is 0 Å². The molecule has 0 spiro atoms. The number of fused-ring (bicyclic) bond motifs is 1. The van der Waals surface area contributed by atoms with Gasteiger partial charge in [-0.15, -0.1) is 0 Å². The Kier molecular flexibility index (Phi) is 5.25. The fraction of sp³-hybridized carbons (Fsp3) is 0.120. The first-order valence-corrected chi connectivity index (χ1v) is 9.56. The Balaban J connectivity index is 1.48. The molecular formula is C25H22N2O2. The van der Waals surface area contributed by atoms with Gasteiger partial charge in [0.05, 0.1) is 11.4 Å². The molecule has 4 aromatic rings. The molecule has 144 valence electrons. The predicted molar refractivity (Wildman–Crippen MR) is 116 cm³/mol. The number of rotatable bonds is 5. The molecule has 0 aliphatic carbocycles. The minimum Gasteiger partial charge on any atom is -0.458 e. The molecule has 0 saturated carbocycles. The van der Waals surface area contributed by atoms with Crippen LogP contribution in [0.2, 0.25) is 0 Å². The molecule has 3 aromatic carbocycles. The summed E-state index contributed by atoms with van der Waals surface area (Å²) >= 11 is 0. The van der Waals surface area contributed by atoms with Gasteiger partial charge in [0, 0.05) is 17.3 Å². The van der Waals surface area contributed by atoms with Gasteiger partial charge in [0.15, 0.2) is 0 Å². The highest BCUT2D eigenvalue weighted by Gasteiger charge is 2.11. The lowest BCUT2D eigenvalue weighted by molar-refractivity contribution is -0.138. The van der Waals surface area contributed by atoms with E-state index >= 15 is 0 Å². The molecule has 0 radical (unpaired) electrons. The van der Waals surface area contributed by atoms with Crippen molar-refractivity contribution in [3.05, 3.63) is 101 Å². The smallest absolute Gasteiger partial charge is 0.331 e. The number of hydrogen-bond donors (Lipinski definition) is 0. The zero-order valence-corrected chi connectivity index (χ0v) is 16.5. The molecule has 0 saturated heterocycles. The molecule has 0 aliphatic heterocycles. The Morgan fingerprint density at radius 3 is 2.52 bits per heavy atom. The normalized spacial score (nSPS) is 11.2. The summed E-state index contributed by atoms with van der Waals surface area (Å²) in [5.41, 5.74) is 4.76. The number of aryl methyl sites for hydroxylation is 1. The van der Waals surface area contributed by atoms with E-state index in [0.29, 0.717) is 0 Å². The van der Waals surface area contributed by atoms with Gasteiger partial charge >= 0.3 is 5.97 Å². The number of ether oxygens (including phenoxy) is 1. The second-order valence-electron chi connectivity index (χ2n) is 6.91. The van der Waals surface area contributed by atoms with Crippen LogP contribution in [0, 0.1) is 13.8 Å². The molecule has 29 heavy (non-hydrogen) atoms. The molecule has 4 nitrogen and oxygen atoms in total. The highest BCUT2D eigenvalue weighted by Crippen LogP contribution is 2.21. The number of para-hydroxylation sites is 1. The summed E-state index contributed by atoms with van der Waals surface area (Å²) in [6.07, 6.45) is 3.25. The Labute approximate surface area is 170 Å². The number of carbonyl (C=O) groups excluding carboxylic acids is 1. The van der Waals surface area contributed by atoms with E-state index in [-0.39, 0.29) is 12.6 Å². The number of esters is 1. The summed E-state index contributed by atoms with van der Waals surface area (Å²) < 4.78 is 7.36. The summed E-state index contributed by atoms with van der Waals surface area (Å²) in [6.45, 7) is 4.17. The predicted octanol–water partition coefficient (Wildman–Crippen LogP) is 5.40. The summed E-state index contributed by atoms with van der Waals surface area (Å²) in [5, 5.41) is 6.83. The first kappa shape index (κ1) is 18.7. The molecule has 0 atom stereocenters. The molecular weight excluding hydrogens is 360 g/mol. The van der Waals surface area contributed by atoms with E-state index < -0.39 is 0 Å². The van der Waals surface area contributed by atoms with E-state index in [1.165, 1.54) is 6.08 Å². The monoisotopic (exact) mass is 382 g/mol. The van der Waals surface area contributed by atoms with Gasteiger partial charge in [0.25, 0.3) is 0 Å². The maximum Gasteiger partial charge on any atom is 0.331 e. The van der Waals surface area contributed by atoms with Gasteiger partial charge in [-0.1, -0.05) is 60.7 Å². The van der Waals surface area contributed by atoms with Crippen molar-refractivity contribution < 1.29 is 9.53 Å². The van der Waals surface area contributed by atoms with Crippen LogP contribution in [0.15, 0.2) is 78.9 Å². The molecule has 0 amide bonds. The molecule has 0 unspecified atom stereocenters. The average molecular weight is 382 g/mol. The van der Waals surface area contributed by atoms with Crippen molar-refractivity contribution in [3.8, 4) is 5.69 Å². The van der Waals surface area contributed by atoms with E-state index in [9.17, 15) is 4.79 Å². The van der Waals surface area contributed by atoms with Gasteiger partial charge in [-0.25, -0.2) is 9.48 Å². The maximum atomic E-state index is 12.3. The lowest BCUT2D eigenvalue weighted by atomic mass is 10.1. The van der Waals surface area contributed by atoms with Crippen LogP contribution < -0.4 is 0 Å². The third-order valence-corrected chi connectivity index (χ3v) is 4.98. The molecule has 1 heterocycles. The van der Waals surface area contributed by atoms with E-state index in [2.05, 4.69) is 17.2 Å². The van der Waals surface area contributed by atoms with Crippen LogP contribution in [0.5, 0.6) is 0 Å². The molecule has 0 bridgehead atoms. The molecule has 0 aliphatic rings. The highest BCUT2D eigenvalue weighted by molar-refractivity contribution is 5.88. The van der Waals surface area contributed by atoms with Gasteiger partial charge in [0.2, 0.25) is 0 Å². The lowest BCUT2D eigenvalue weighted by Gasteiger charge is -2.06. The van der Waals surface area contributed by atoms with Gasteiger partial charge < -0.3 is 4.74 Å². The van der Waals surface area contributed by atoms with Crippen LogP contribution in [0.3, 0.4) is 0 Å². The van der Waals surface area contributed by atoms with E-state index in [4.69, 9.17) is 4.74 Å². The first-order chi connectivity index (χ1) is 14.1. The number of hydrogen-bond acceptors (Lipinski definition) is 3. The first-order valence-electron chi connectivity index (χ1n) is 9.56. The Morgan fingerprint density at radius 1 is 0.966 bits per heavy atom. The van der Waals surface area contributed by atoms with Gasteiger partial charge in [0.1, 0.15) is 6.61 Å². The van der Waals surface area contributed by atoms with E-state index in [1.807, 2.05) is 79.2 Å². The van der Waals surface area contributed by atoms with Crippen LogP contribution in [0.1, 0.15) is 22.5 Å². The zero-order chi connectivity index (χ0) is 20.2. The second kappa shape index (κ2) is 8.15. The van der Waals surface area contributed by atoms with Crippen molar-refractivity contribution in [1.29, 1.82) is 0 Å². The largest absolute Gasteiger partial charge is 0.458 e. The quantitative estimate of drug-likeness (QED) is 0.343. The van der Waals surface area contributed by atoms with Gasteiger partial charge in [-0.3, -0.25) is 0 Å². The van der Waals surface area contributed by atoms with Crippen LogP contribution >= 0.6 is 0 Å². The third-order valence-electron chi connectivity index (χ3n) is 4.98. The summed E-state index contributed by atoms with van der Waals surface area (Å²) in [7, 11) is 0. The van der Waals surface area contributed by atoms with E-state index in [1.54, 1.807) is 6.08 Å². The van der Waals surface area contributed by atoms with Gasteiger partial charge in [-0.05, 0) is 48.4 Å². The molecule has 4 rings (SSSR count). The summed E-state index contributed by atoms with van der Waals surface area (Å²) in [6, 6.07) is 24.0. The molecule has 0 fully saturated rings. The second-order valence-corrected chi connectivity index (χ2v) is 6.91. The Hall–Kier alpha value is -3.66. The van der Waals surface area contributed by atoms with Crippen LogP contribution in [-0.2, 0) is 16.1 Å². The highest BCUT2D eigenvalue weighted by atomic mass is 16.5. The average Bonchev–Trinajstić information content (AvgIpc) is 3.04. The fourth-order valence-electron chi connectivity index (χ4n) is 3.48. The standard InChI is InChI=1S/C25H22N2O2/c1-18-23(19(2)27(26-18)22-12-4-3-5-13-22)15-16-25(28)29-17-21-11-8-10-20-9-6-7-14-24(20)21/h3-16H,17H2,1-2H3/b16-15+. The molecule has 4 heteroatoms. The van der Waals surface area contributed by atoms with Crippen molar-refractivity contribution in [2.45, 2.75) is 20.5 Å². The number of aromatic nitrogens is 2. The van der Waals surface area contributed by atoms with Crippen LogP contribution in [0.4, 0.5) is 0 Å². The zero-order valence-electron chi connectivity index (χ0n) is 16.5. The summed E-state index contributed by atoms with van der Waals surface area (Å²) in [5.74, 6) is -0.371. The number of carbonyl (C=O) groups is 1. The molecule has 1 aromatic heterocycles. The van der Waals surface area contributed by atoms with Crippen molar-refractivity contribution in [2.24, 2.45) is 0 Å². The minimum absolute atomic E-state index is 0.242. The SMILES string of the molecule is Cc1nn(-c2ccccc2)c(C)c1/C=C/C(=O)OCc1cccc2ccccc12. The summed E-state index contributed by atoms with van der Waals surface area (Å²) in [4.78, 5) is 12.3. The Morgan fingerprint density at radius 2 is 1.69 bits per heavy atom. The van der Waals surface area contributed by atoms with Crippen LogP contribution in [-0.4, -0.2) is 15.7 Å². The maximum absolute atomic E-state index is 12.3. The lowest BCUT2D eigenvalue weighted by Crippen LogP contribution is -2.01. The minimum atomic E-state index is -0.371. The van der Waals surface area contributed by atoms with E-state index in [0.717, 1.165) is 39.0 Å². The topological polar surface area (TPSA) is 44.1 Å². The van der Waals surface area contributed by atoms with Gasteiger partial charge in [-0.2, -0.15) is 5.10 Å². The number of benzene rings is 3. The van der Waals surface area contributed by atoms with Crippen LogP contribution in [0.25, 0.3) is 22.5 Å². The fourth-order valence-corrected chi connectivity index (χ4v) is 3.48. The van der Waals surface area contributed by atoms with Crippen molar-refractivity contribution in [2.75, 3.05) is 0 Å². The third kappa shape index (κ3) is 3.97. The van der Waals surface area contributed by atoms with Crippen molar-refractivity contribution >= 4 is 22.8 Å².